The van der Waals surface area contributed by atoms with E-state index in [0.717, 1.165) is 13.1 Å². The van der Waals surface area contributed by atoms with Crippen molar-refractivity contribution in [3.63, 3.8) is 0 Å². The quantitative estimate of drug-likeness (QED) is 0.907. The van der Waals surface area contributed by atoms with Crippen LogP contribution < -0.4 is 4.74 Å². The van der Waals surface area contributed by atoms with Crippen molar-refractivity contribution in [1.82, 2.24) is 4.90 Å². The molecule has 0 bridgehead atoms. The van der Waals surface area contributed by atoms with Crippen LogP contribution in [0, 0.1) is 11.8 Å². The third-order valence-corrected chi connectivity index (χ3v) is 3.44. The van der Waals surface area contributed by atoms with Crippen molar-refractivity contribution in [3.8, 4) is 5.75 Å². The van der Waals surface area contributed by atoms with Crippen molar-refractivity contribution in [2.45, 2.75) is 20.3 Å². The zero-order valence-electron chi connectivity index (χ0n) is 11.5. The summed E-state index contributed by atoms with van der Waals surface area (Å²) in [5.41, 5.74) is 0.262. The van der Waals surface area contributed by atoms with Gasteiger partial charge >= 0.3 is 5.97 Å². The summed E-state index contributed by atoms with van der Waals surface area (Å²) in [6.07, 6.45) is 1.27. The average Bonchev–Trinajstić information content (AvgIpc) is 2.35. The Morgan fingerprint density at radius 2 is 2.05 bits per heavy atom. The Morgan fingerprint density at radius 1 is 1.37 bits per heavy atom. The Labute approximate surface area is 114 Å². The molecule has 0 spiro atoms. The van der Waals surface area contributed by atoms with Gasteiger partial charge in [0, 0.05) is 13.1 Å². The van der Waals surface area contributed by atoms with Crippen LogP contribution in [0.1, 0.15) is 30.6 Å². The van der Waals surface area contributed by atoms with Gasteiger partial charge in [-0.1, -0.05) is 19.9 Å². The summed E-state index contributed by atoms with van der Waals surface area (Å²) in [6, 6.07) is 6.64. The van der Waals surface area contributed by atoms with E-state index in [0.29, 0.717) is 24.3 Å². The van der Waals surface area contributed by atoms with E-state index < -0.39 is 5.97 Å². The Hall–Kier alpha value is -1.55. The fraction of sp³-hybridized carbons (Fsp3) is 0.533. The standard InChI is InChI=1S/C15H21NO3/c1-11-6-12(2)9-16(8-11)10-19-14-5-3-4-13(7-14)15(17)18/h3-5,7,11-12H,6,8-10H2,1-2H3,(H,17,18). The minimum atomic E-state index is -0.925. The number of carboxylic acids is 1. The van der Waals surface area contributed by atoms with Crippen LogP contribution >= 0.6 is 0 Å². The highest BCUT2D eigenvalue weighted by Gasteiger charge is 2.21. The van der Waals surface area contributed by atoms with E-state index in [1.807, 2.05) is 0 Å². The van der Waals surface area contributed by atoms with Gasteiger partial charge in [0.2, 0.25) is 0 Å². The van der Waals surface area contributed by atoms with Crippen LogP contribution in [0.25, 0.3) is 0 Å². The number of carbonyl (C=O) groups is 1. The first-order valence-electron chi connectivity index (χ1n) is 6.73. The molecule has 1 aromatic rings. The summed E-state index contributed by atoms with van der Waals surface area (Å²) in [7, 11) is 0. The second kappa shape index (κ2) is 6.06. The lowest BCUT2D eigenvalue weighted by atomic mass is 9.92. The third kappa shape index (κ3) is 3.96. The van der Waals surface area contributed by atoms with Crippen molar-refractivity contribution >= 4 is 5.97 Å². The van der Waals surface area contributed by atoms with Crippen LogP contribution in [0.5, 0.6) is 5.75 Å². The lowest BCUT2D eigenvalue weighted by Crippen LogP contribution is -2.40. The first-order chi connectivity index (χ1) is 9.04. The fourth-order valence-corrected chi connectivity index (χ4v) is 2.78. The van der Waals surface area contributed by atoms with Crippen molar-refractivity contribution in [3.05, 3.63) is 29.8 Å². The summed E-state index contributed by atoms with van der Waals surface area (Å²) >= 11 is 0. The summed E-state index contributed by atoms with van der Waals surface area (Å²) in [6.45, 7) is 7.13. The molecule has 2 unspecified atom stereocenters. The molecular formula is C15H21NO3. The number of piperidine rings is 1. The number of hydrogen-bond acceptors (Lipinski definition) is 3. The molecule has 1 aliphatic rings. The Balaban J connectivity index is 1.91. The highest BCUT2D eigenvalue weighted by molar-refractivity contribution is 5.87. The highest BCUT2D eigenvalue weighted by atomic mass is 16.5. The van der Waals surface area contributed by atoms with Gasteiger partial charge in [-0.25, -0.2) is 4.79 Å². The molecule has 4 nitrogen and oxygen atoms in total. The summed E-state index contributed by atoms with van der Waals surface area (Å²) in [5, 5.41) is 8.93. The molecule has 1 saturated heterocycles. The fourth-order valence-electron chi connectivity index (χ4n) is 2.78. The van der Waals surface area contributed by atoms with Gasteiger partial charge in [-0.05, 0) is 36.5 Å². The van der Waals surface area contributed by atoms with E-state index in [-0.39, 0.29) is 5.56 Å². The molecule has 2 rings (SSSR count). The van der Waals surface area contributed by atoms with E-state index in [9.17, 15) is 4.79 Å². The van der Waals surface area contributed by atoms with Crippen molar-refractivity contribution < 1.29 is 14.6 Å². The molecule has 1 heterocycles. The van der Waals surface area contributed by atoms with Gasteiger partial charge in [-0.3, -0.25) is 4.90 Å². The van der Waals surface area contributed by atoms with Crippen LogP contribution in [-0.2, 0) is 0 Å². The maximum atomic E-state index is 10.9. The Bertz CT molecular complexity index is 437. The van der Waals surface area contributed by atoms with Crippen LogP contribution in [0.2, 0.25) is 0 Å². The number of rotatable bonds is 4. The molecule has 104 valence electrons. The van der Waals surface area contributed by atoms with Crippen LogP contribution in [0.15, 0.2) is 24.3 Å². The smallest absolute Gasteiger partial charge is 0.335 e. The number of aromatic carboxylic acids is 1. The van der Waals surface area contributed by atoms with Gasteiger partial charge in [0.1, 0.15) is 12.5 Å². The summed E-state index contributed by atoms with van der Waals surface area (Å²) < 4.78 is 5.70. The number of carboxylic acid groups (broad SMARTS) is 1. The summed E-state index contributed by atoms with van der Waals surface area (Å²) in [4.78, 5) is 13.2. The molecule has 1 N–H and O–H groups in total. The average molecular weight is 263 g/mol. The van der Waals surface area contributed by atoms with E-state index >= 15 is 0 Å². The second-order valence-corrected chi connectivity index (χ2v) is 5.59. The first-order valence-corrected chi connectivity index (χ1v) is 6.73. The maximum absolute atomic E-state index is 10.9. The minimum Gasteiger partial charge on any atom is -0.478 e. The first kappa shape index (κ1) is 13.9. The Morgan fingerprint density at radius 3 is 2.68 bits per heavy atom. The SMILES string of the molecule is CC1CC(C)CN(COc2cccc(C(=O)O)c2)C1. The normalized spacial score (nSPS) is 24.1. The molecule has 1 fully saturated rings. The lowest BCUT2D eigenvalue weighted by Gasteiger charge is -2.34. The van der Waals surface area contributed by atoms with Gasteiger partial charge in [-0.15, -0.1) is 0 Å². The van der Waals surface area contributed by atoms with Gasteiger partial charge in [0.15, 0.2) is 0 Å². The van der Waals surface area contributed by atoms with E-state index in [4.69, 9.17) is 9.84 Å². The van der Waals surface area contributed by atoms with E-state index in [2.05, 4.69) is 18.7 Å². The van der Waals surface area contributed by atoms with E-state index in [1.165, 1.54) is 6.42 Å². The molecule has 4 heteroatoms. The molecule has 0 saturated carbocycles. The third-order valence-electron chi connectivity index (χ3n) is 3.44. The molecule has 0 amide bonds. The van der Waals surface area contributed by atoms with Crippen LogP contribution in [0.4, 0.5) is 0 Å². The number of hydrogen-bond donors (Lipinski definition) is 1. The molecule has 19 heavy (non-hydrogen) atoms. The van der Waals surface area contributed by atoms with Crippen molar-refractivity contribution in [1.29, 1.82) is 0 Å². The molecule has 0 aliphatic carbocycles. The molecule has 1 aromatic carbocycles. The van der Waals surface area contributed by atoms with Gasteiger partial charge in [0.25, 0.3) is 0 Å². The minimum absolute atomic E-state index is 0.262. The monoisotopic (exact) mass is 263 g/mol. The van der Waals surface area contributed by atoms with Crippen LogP contribution in [-0.4, -0.2) is 35.8 Å². The zero-order valence-corrected chi connectivity index (χ0v) is 11.5. The zero-order chi connectivity index (χ0) is 13.8. The second-order valence-electron chi connectivity index (χ2n) is 5.59. The number of ether oxygens (including phenoxy) is 1. The predicted molar refractivity (Wildman–Crippen MR) is 73.4 cm³/mol. The molecule has 2 atom stereocenters. The van der Waals surface area contributed by atoms with Crippen LogP contribution in [0.3, 0.4) is 0 Å². The summed E-state index contributed by atoms with van der Waals surface area (Å²) in [5.74, 6) is 1.08. The Kier molecular flexibility index (Phi) is 4.43. The number of nitrogens with zero attached hydrogens (tertiary/aromatic N) is 1. The molecular weight excluding hydrogens is 242 g/mol. The topological polar surface area (TPSA) is 49.8 Å². The molecule has 0 radical (unpaired) electrons. The number of likely N-dealkylation sites (tertiary alicyclic amines) is 1. The largest absolute Gasteiger partial charge is 0.478 e. The number of benzene rings is 1. The van der Waals surface area contributed by atoms with Gasteiger partial charge in [-0.2, -0.15) is 0 Å². The predicted octanol–water partition coefficient (Wildman–Crippen LogP) is 2.70. The van der Waals surface area contributed by atoms with Crippen molar-refractivity contribution in [2.75, 3.05) is 19.8 Å². The highest BCUT2D eigenvalue weighted by Crippen LogP contribution is 2.21. The molecule has 0 aromatic heterocycles. The van der Waals surface area contributed by atoms with Crippen molar-refractivity contribution in [2.24, 2.45) is 11.8 Å². The van der Waals surface area contributed by atoms with Gasteiger partial charge in [0.05, 0.1) is 5.56 Å². The maximum Gasteiger partial charge on any atom is 0.335 e. The molecule has 1 aliphatic heterocycles. The van der Waals surface area contributed by atoms with E-state index in [1.54, 1.807) is 24.3 Å². The lowest BCUT2D eigenvalue weighted by molar-refractivity contribution is 0.0618. The van der Waals surface area contributed by atoms with Gasteiger partial charge < -0.3 is 9.84 Å².